The first-order valence-corrected chi connectivity index (χ1v) is 5.91. The SMILES string of the molecule is COc1ccc2c(c1)nc(-c1ccnc(N)c1)n2C. The summed E-state index contributed by atoms with van der Waals surface area (Å²) in [4.78, 5) is 8.63. The monoisotopic (exact) mass is 254 g/mol. The van der Waals surface area contributed by atoms with Crippen molar-refractivity contribution >= 4 is 16.9 Å². The molecule has 2 heterocycles. The fraction of sp³-hybridized carbons (Fsp3) is 0.143. The van der Waals surface area contributed by atoms with Crippen molar-refractivity contribution in [2.45, 2.75) is 0 Å². The Morgan fingerprint density at radius 1 is 1.21 bits per heavy atom. The summed E-state index contributed by atoms with van der Waals surface area (Å²) in [6, 6.07) is 9.56. The van der Waals surface area contributed by atoms with Crippen LogP contribution in [0.4, 0.5) is 5.82 Å². The molecule has 0 aliphatic carbocycles. The van der Waals surface area contributed by atoms with E-state index in [-0.39, 0.29) is 0 Å². The van der Waals surface area contributed by atoms with Crippen LogP contribution in [0.15, 0.2) is 36.5 Å². The highest BCUT2D eigenvalue weighted by Crippen LogP contribution is 2.26. The molecule has 2 N–H and O–H groups in total. The quantitative estimate of drug-likeness (QED) is 0.761. The van der Waals surface area contributed by atoms with Gasteiger partial charge >= 0.3 is 0 Å². The molecule has 0 aliphatic heterocycles. The molecule has 1 aromatic carbocycles. The van der Waals surface area contributed by atoms with E-state index in [4.69, 9.17) is 10.5 Å². The summed E-state index contributed by atoms with van der Waals surface area (Å²) in [5, 5.41) is 0. The molecule has 0 spiro atoms. The van der Waals surface area contributed by atoms with Crippen LogP contribution in [0.3, 0.4) is 0 Å². The summed E-state index contributed by atoms with van der Waals surface area (Å²) >= 11 is 0. The van der Waals surface area contributed by atoms with Crippen LogP contribution in [-0.4, -0.2) is 21.6 Å². The minimum atomic E-state index is 0.488. The van der Waals surface area contributed by atoms with Crippen LogP contribution in [-0.2, 0) is 7.05 Å². The first kappa shape index (κ1) is 11.5. The van der Waals surface area contributed by atoms with E-state index in [2.05, 4.69) is 9.97 Å². The number of benzene rings is 1. The van der Waals surface area contributed by atoms with E-state index in [1.54, 1.807) is 13.3 Å². The number of aromatic nitrogens is 3. The van der Waals surface area contributed by atoms with Crippen molar-refractivity contribution in [1.82, 2.24) is 14.5 Å². The number of anilines is 1. The number of fused-ring (bicyclic) bond motifs is 1. The normalized spacial score (nSPS) is 10.8. The molecule has 0 saturated carbocycles. The average Bonchev–Trinajstić information content (AvgIpc) is 2.75. The standard InChI is InChI=1S/C14H14N4O/c1-18-12-4-3-10(19-2)8-11(12)17-14(18)9-5-6-16-13(15)7-9/h3-8H,1-2H3,(H2,15,16). The number of aryl methyl sites for hydroxylation is 1. The number of ether oxygens (including phenoxy) is 1. The van der Waals surface area contributed by atoms with E-state index in [1.807, 2.05) is 41.9 Å². The highest BCUT2D eigenvalue weighted by atomic mass is 16.5. The highest BCUT2D eigenvalue weighted by molar-refractivity contribution is 5.82. The first-order chi connectivity index (χ1) is 9.19. The van der Waals surface area contributed by atoms with E-state index in [1.165, 1.54) is 0 Å². The predicted octanol–water partition coefficient (Wildman–Crippen LogP) is 2.23. The molecular weight excluding hydrogens is 240 g/mol. The minimum absolute atomic E-state index is 0.488. The molecule has 96 valence electrons. The van der Waals surface area contributed by atoms with Crippen LogP contribution in [0.1, 0.15) is 0 Å². The van der Waals surface area contributed by atoms with Crippen LogP contribution >= 0.6 is 0 Å². The maximum atomic E-state index is 5.72. The molecule has 3 aromatic rings. The number of hydrogen-bond donors (Lipinski definition) is 1. The van der Waals surface area contributed by atoms with Gasteiger partial charge in [-0.1, -0.05) is 0 Å². The van der Waals surface area contributed by atoms with Gasteiger partial charge in [0.1, 0.15) is 17.4 Å². The lowest BCUT2D eigenvalue weighted by molar-refractivity contribution is 0.415. The van der Waals surface area contributed by atoms with Crippen molar-refractivity contribution in [2.24, 2.45) is 7.05 Å². The van der Waals surface area contributed by atoms with Crippen molar-refractivity contribution in [1.29, 1.82) is 0 Å². The second-order valence-electron chi connectivity index (χ2n) is 4.32. The molecular formula is C14H14N4O. The molecule has 0 fully saturated rings. The van der Waals surface area contributed by atoms with Gasteiger partial charge in [0, 0.05) is 24.9 Å². The second-order valence-corrected chi connectivity index (χ2v) is 4.32. The largest absolute Gasteiger partial charge is 0.497 e. The molecule has 19 heavy (non-hydrogen) atoms. The fourth-order valence-electron chi connectivity index (χ4n) is 2.15. The Labute approximate surface area is 110 Å². The van der Waals surface area contributed by atoms with E-state index >= 15 is 0 Å². The Hall–Kier alpha value is -2.56. The Balaban J connectivity index is 2.22. The Morgan fingerprint density at radius 3 is 2.79 bits per heavy atom. The molecule has 0 amide bonds. The molecule has 5 heteroatoms. The maximum Gasteiger partial charge on any atom is 0.141 e. The third-order valence-corrected chi connectivity index (χ3v) is 3.13. The minimum Gasteiger partial charge on any atom is -0.497 e. The molecule has 5 nitrogen and oxygen atoms in total. The van der Waals surface area contributed by atoms with Gasteiger partial charge in [0.2, 0.25) is 0 Å². The van der Waals surface area contributed by atoms with Crippen LogP contribution in [0, 0.1) is 0 Å². The van der Waals surface area contributed by atoms with Gasteiger partial charge < -0.3 is 15.0 Å². The summed E-state index contributed by atoms with van der Waals surface area (Å²) in [5.74, 6) is 2.14. The molecule has 3 rings (SSSR count). The summed E-state index contributed by atoms with van der Waals surface area (Å²) in [6.45, 7) is 0. The second kappa shape index (κ2) is 4.28. The third kappa shape index (κ3) is 1.89. The zero-order valence-electron chi connectivity index (χ0n) is 10.8. The third-order valence-electron chi connectivity index (χ3n) is 3.13. The number of imidazole rings is 1. The van der Waals surface area contributed by atoms with Gasteiger partial charge in [-0.25, -0.2) is 9.97 Å². The zero-order chi connectivity index (χ0) is 13.4. The van der Waals surface area contributed by atoms with Gasteiger partial charge in [-0.05, 0) is 24.3 Å². The lowest BCUT2D eigenvalue weighted by Crippen LogP contribution is -1.95. The van der Waals surface area contributed by atoms with Crippen LogP contribution < -0.4 is 10.5 Å². The first-order valence-electron chi connectivity index (χ1n) is 5.91. The number of nitrogens with zero attached hydrogens (tertiary/aromatic N) is 3. The van der Waals surface area contributed by atoms with Gasteiger partial charge in [-0.2, -0.15) is 0 Å². The van der Waals surface area contributed by atoms with Crippen LogP contribution in [0.2, 0.25) is 0 Å². The van der Waals surface area contributed by atoms with E-state index in [0.29, 0.717) is 5.82 Å². The predicted molar refractivity (Wildman–Crippen MR) is 74.9 cm³/mol. The molecule has 0 radical (unpaired) electrons. The molecule has 0 bridgehead atoms. The van der Waals surface area contributed by atoms with E-state index in [9.17, 15) is 0 Å². The van der Waals surface area contributed by atoms with Gasteiger partial charge in [0.25, 0.3) is 0 Å². The van der Waals surface area contributed by atoms with Crippen molar-refractivity contribution in [2.75, 3.05) is 12.8 Å². The Morgan fingerprint density at radius 2 is 2.05 bits per heavy atom. The number of methoxy groups -OCH3 is 1. The van der Waals surface area contributed by atoms with E-state index in [0.717, 1.165) is 28.2 Å². The number of hydrogen-bond acceptors (Lipinski definition) is 4. The number of nitrogens with two attached hydrogens (primary N) is 1. The van der Waals surface area contributed by atoms with Gasteiger partial charge in [-0.3, -0.25) is 0 Å². The Bertz CT molecular complexity index is 748. The van der Waals surface area contributed by atoms with Gasteiger partial charge in [0.15, 0.2) is 0 Å². The van der Waals surface area contributed by atoms with Crippen molar-refractivity contribution < 1.29 is 4.74 Å². The Kier molecular flexibility index (Phi) is 2.59. The summed E-state index contributed by atoms with van der Waals surface area (Å²) in [6.07, 6.45) is 1.69. The summed E-state index contributed by atoms with van der Waals surface area (Å²) in [7, 11) is 3.63. The zero-order valence-corrected chi connectivity index (χ0v) is 10.8. The molecule has 0 atom stereocenters. The highest BCUT2D eigenvalue weighted by Gasteiger charge is 2.10. The van der Waals surface area contributed by atoms with Crippen molar-refractivity contribution in [3.63, 3.8) is 0 Å². The summed E-state index contributed by atoms with van der Waals surface area (Å²) in [5.41, 5.74) is 8.61. The van der Waals surface area contributed by atoms with Crippen LogP contribution in [0.5, 0.6) is 5.75 Å². The number of pyridine rings is 1. The smallest absolute Gasteiger partial charge is 0.141 e. The maximum absolute atomic E-state index is 5.72. The number of nitrogen functional groups attached to an aromatic ring is 1. The topological polar surface area (TPSA) is 66.0 Å². The average molecular weight is 254 g/mol. The summed E-state index contributed by atoms with van der Waals surface area (Å²) < 4.78 is 7.25. The van der Waals surface area contributed by atoms with Gasteiger partial charge in [-0.15, -0.1) is 0 Å². The fourth-order valence-corrected chi connectivity index (χ4v) is 2.15. The molecule has 2 aromatic heterocycles. The molecule has 0 unspecified atom stereocenters. The van der Waals surface area contributed by atoms with E-state index < -0.39 is 0 Å². The van der Waals surface area contributed by atoms with Crippen molar-refractivity contribution in [3.05, 3.63) is 36.5 Å². The lowest BCUT2D eigenvalue weighted by Gasteiger charge is -2.03. The van der Waals surface area contributed by atoms with Crippen molar-refractivity contribution in [3.8, 4) is 17.1 Å². The molecule has 0 saturated heterocycles. The molecule has 0 aliphatic rings. The number of rotatable bonds is 2. The lowest BCUT2D eigenvalue weighted by atomic mass is 10.2. The van der Waals surface area contributed by atoms with Crippen LogP contribution in [0.25, 0.3) is 22.4 Å². The van der Waals surface area contributed by atoms with Gasteiger partial charge in [0.05, 0.1) is 18.1 Å².